The van der Waals surface area contributed by atoms with Gasteiger partial charge < -0.3 is 0 Å². The van der Waals surface area contributed by atoms with Crippen LogP contribution in [0.2, 0.25) is 11.5 Å². The molecule has 0 fully saturated rings. The van der Waals surface area contributed by atoms with Crippen LogP contribution in [0.3, 0.4) is 0 Å². The molecular weight excluding hydrogens is 610 g/mol. The first-order chi connectivity index (χ1) is 13.6. The molecule has 4 aromatic rings. The number of hydrogen-bond acceptors (Lipinski definition) is 0. The summed E-state index contributed by atoms with van der Waals surface area (Å²) >= 11 is -1.72. The van der Waals surface area contributed by atoms with Crippen molar-refractivity contribution in [1.29, 1.82) is 0 Å². The van der Waals surface area contributed by atoms with Crippen LogP contribution in [0.4, 0.5) is 0 Å². The van der Waals surface area contributed by atoms with Crippen molar-refractivity contribution in [3.8, 4) is 22.3 Å². The van der Waals surface area contributed by atoms with Gasteiger partial charge in [-0.2, -0.15) is 47.5 Å². The van der Waals surface area contributed by atoms with Crippen LogP contribution in [0.5, 0.6) is 0 Å². The monoisotopic (exact) mass is 636 g/mol. The van der Waals surface area contributed by atoms with Crippen molar-refractivity contribution in [1.82, 2.24) is 0 Å². The molecule has 0 aromatic heterocycles. The maximum atomic E-state index is 5.67. The smallest absolute Gasteiger partial charge is 0.0623 e. The van der Waals surface area contributed by atoms with Gasteiger partial charge in [0.1, 0.15) is 0 Å². The van der Waals surface area contributed by atoms with Crippen LogP contribution in [-0.2, 0) is 16.0 Å². The van der Waals surface area contributed by atoms with E-state index in [9.17, 15) is 0 Å². The normalized spacial score (nSPS) is 9.43. The second kappa shape index (κ2) is 13.4. The van der Waals surface area contributed by atoms with Crippen molar-refractivity contribution >= 4 is 27.2 Å². The Hall–Kier alpha value is -0.867. The van der Waals surface area contributed by atoms with Crippen molar-refractivity contribution in [2.75, 3.05) is 0 Å². The molecule has 0 atom stereocenters. The largest absolute Gasteiger partial charge is 0.206 e. The molecule has 0 bridgehead atoms. The minimum absolute atomic E-state index is 0.719. The second-order valence-electron chi connectivity index (χ2n) is 6.34. The standard InChI is InChI=1S/2C11H9.C2H6Ge.2ClH.Hf/c2*1-2-6-10(7-3-1)11-8-4-5-9-11;1-3-2;;;/h2*1-9H;1-2H3;2*1H;/q2*-1;;;;+2/p-2. The summed E-state index contributed by atoms with van der Waals surface area (Å²) in [5, 5.41) is 0. The van der Waals surface area contributed by atoms with Crippen molar-refractivity contribution in [2.24, 2.45) is 0 Å². The molecule has 4 rings (SSSR count). The van der Waals surface area contributed by atoms with Crippen LogP contribution in [0.1, 0.15) is 0 Å². The topological polar surface area (TPSA) is 0 Å². The Morgan fingerprint density at radius 2 is 0.964 bits per heavy atom. The minimum Gasteiger partial charge on any atom is -0.206 e. The summed E-state index contributed by atoms with van der Waals surface area (Å²) < 4.78 is 0. The van der Waals surface area contributed by atoms with Gasteiger partial charge in [0.25, 0.3) is 0 Å². The molecule has 0 N–H and O–H groups in total. The van der Waals surface area contributed by atoms with E-state index in [0.717, 1.165) is 0 Å². The van der Waals surface area contributed by atoms with Gasteiger partial charge in [-0.15, -0.1) is 0 Å². The van der Waals surface area contributed by atoms with Crippen molar-refractivity contribution in [2.45, 2.75) is 11.5 Å². The molecule has 0 radical (unpaired) electrons. The first-order valence-electron chi connectivity index (χ1n) is 9.10. The Bertz CT molecular complexity index is 841. The first kappa shape index (κ1) is 23.4. The van der Waals surface area contributed by atoms with Crippen LogP contribution in [0.15, 0.2) is 109 Å². The summed E-state index contributed by atoms with van der Waals surface area (Å²) in [6.07, 6.45) is 0. The fourth-order valence-corrected chi connectivity index (χ4v) is 2.39. The summed E-state index contributed by atoms with van der Waals surface area (Å²) in [6, 6.07) is 37.5. The molecule has 144 valence electrons. The van der Waals surface area contributed by atoms with E-state index in [0.29, 0.717) is 0 Å². The van der Waals surface area contributed by atoms with Gasteiger partial charge in [-0.1, -0.05) is 71.8 Å². The molecule has 0 aliphatic rings. The summed E-state index contributed by atoms with van der Waals surface area (Å²) in [4.78, 5) is 0. The maximum absolute atomic E-state index is 5.67. The fourth-order valence-electron chi connectivity index (χ4n) is 2.39. The van der Waals surface area contributed by atoms with Crippen molar-refractivity contribution in [3.05, 3.63) is 109 Å². The molecule has 0 saturated carbocycles. The molecule has 0 aliphatic carbocycles. The number of benzene rings is 2. The van der Waals surface area contributed by atoms with E-state index in [1.54, 1.807) is 0 Å². The first-order valence-corrected chi connectivity index (χ1v) is 32.6. The minimum atomic E-state index is -1.72. The molecule has 0 amide bonds. The molecular formula is C24H24Cl2GeHf-2. The molecule has 0 spiro atoms. The number of hydrogen-bond donors (Lipinski definition) is 0. The molecule has 0 aliphatic heterocycles. The zero-order chi connectivity index (χ0) is 20.2. The van der Waals surface area contributed by atoms with E-state index in [2.05, 4.69) is 109 Å². The zero-order valence-corrected chi connectivity index (χ0v) is 23.4. The predicted molar refractivity (Wildman–Crippen MR) is 124 cm³/mol. The SMILES string of the molecule is [CH3][Ge]([CH3])=[Hf]([Cl])[Cl].c1ccc(-c2cc[cH-]c2)cc1.c1ccc(-c2cc[cH-]c2)cc1. The van der Waals surface area contributed by atoms with Crippen LogP contribution in [-0.4, -0.2) is 10.1 Å². The zero-order valence-electron chi connectivity index (χ0n) is 16.1. The summed E-state index contributed by atoms with van der Waals surface area (Å²) in [6.45, 7) is 0. The maximum Gasteiger partial charge on any atom is -0.0623 e. The van der Waals surface area contributed by atoms with Gasteiger partial charge in [0, 0.05) is 0 Å². The van der Waals surface area contributed by atoms with Gasteiger partial charge in [-0.05, 0) is 0 Å². The molecule has 0 saturated heterocycles. The number of rotatable bonds is 2. The average Bonchev–Trinajstić information content (AvgIpc) is 3.45. The average molecular weight is 634 g/mol. The van der Waals surface area contributed by atoms with Crippen LogP contribution in [0.25, 0.3) is 22.3 Å². The van der Waals surface area contributed by atoms with Crippen molar-refractivity contribution in [3.63, 3.8) is 0 Å². The van der Waals surface area contributed by atoms with Gasteiger partial charge >= 0.3 is 54.7 Å². The number of halogens is 2. The van der Waals surface area contributed by atoms with Gasteiger partial charge in [-0.3, -0.25) is 0 Å². The molecule has 28 heavy (non-hydrogen) atoms. The van der Waals surface area contributed by atoms with Crippen LogP contribution >= 0.6 is 17.2 Å². The fraction of sp³-hybridized carbons (Fsp3) is 0.0833. The van der Waals surface area contributed by atoms with E-state index >= 15 is 0 Å². The molecule has 0 heterocycles. The van der Waals surface area contributed by atoms with E-state index < -0.39 is 26.0 Å². The summed E-state index contributed by atoms with van der Waals surface area (Å²) in [5.41, 5.74) is 5.17. The van der Waals surface area contributed by atoms with E-state index in [1.165, 1.54) is 22.3 Å². The van der Waals surface area contributed by atoms with Gasteiger partial charge in [0.05, 0.1) is 0 Å². The molecule has 0 nitrogen and oxygen atoms in total. The molecule has 4 aromatic carbocycles. The van der Waals surface area contributed by atoms with E-state index in [4.69, 9.17) is 17.2 Å². The quantitative estimate of drug-likeness (QED) is 0.154. The van der Waals surface area contributed by atoms with E-state index in [1.807, 2.05) is 12.1 Å². The van der Waals surface area contributed by atoms with Crippen LogP contribution in [0, 0.1) is 0 Å². The Labute approximate surface area is 184 Å². The van der Waals surface area contributed by atoms with Crippen molar-refractivity contribution < 1.29 is 16.0 Å². The molecule has 4 heteroatoms. The third-order valence-corrected chi connectivity index (χ3v) is 51.8. The second-order valence-corrected chi connectivity index (χ2v) is 58.3. The summed E-state index contributed by atoms with van der Waals surface area (Å²) in [5.74, 6) is 4.48. The Morgan fingerprint density at radius 3 is 1.21 bits per heavy atom. The van der Waals surface area contributed by atoms with Crippen LogP contribution < -0.4 is 0 Å². The van der Waals surface area contributed by atoms with Gasteiger partial charge in [-0.25, -0.2) is 12.1 Å². The Kier molecular flexibility index (Phi) is 11.2. The molecule has 0 unspecified atom stereocenters. The predicted octanol–water partition coefficient (Wildman–Crippen LogP) is 8.31. The summed E-state index contributed by atoms with van der Waals surface area (Å²) in [7, 11) is 10.6. The third kappa shape index (κ3) is 8.65. The van der Waals surface area contributed by atoms with E-state index in [-0.39, 0.29) is 0 Å². The Balaban J connectivity index is 0.000000158. The van der Waals surface area contributed by atoms with Gasteiger partial charge in [0.2, 0.25) is 0 Å². The third-order valence-electron chi connectivity index (χ3n) is 3.92. The Morgan fingerprint density at radius 1 is 0.607 bits per heavy atom. The van der Waals surface area contributed by atoms with Gasteiger partial charge in [0.15, 0.2) is 0 Å².